The molecular formula is C21H30O2S2. The number of carbonyl (C=O) groups is 2. The number of Topliss-reactive ketones (excluding diaryl/α,β-unsaturated/α-hetero) is 2. The minimum Gasteiger partial charge on any atom is -0.299 e. The summed E-state index contributed by atoms with van der Waals surface area (Å²) in [5.41, 5.74) is 1.64. The van der Waals surface area contributed by atoms with Gasteiger partial charge in [0.25, 0.3) is 0 Å². The van der Waals surface area contributed by atoms with Crippen LogP contribution < -0.4 is 0 Å². The molecule has 0 unspecified atom stereocenters. The van der Waals surface area contributed by atoms with Crippen molar-refractivity contribution in [2.75, 3.05) is 11.3 Å². The molecule has 0 aromatic carbocycles. The summed E-state index contributed by atoms with van der Waals surface area (Å²) in [7, 11) is 0. The van der Waals surface area contributed by atoms with E-state index in [2.05, 4.69) is 20.1 Å². The van der Waals surface area contributed by atoms with Crippen molar-refractivity contribution in [1.29, 1.82) is 0 Å². The number of carbonyl (C=O) groups excluding carboxylic acids is 2. The van der Waals surface area contributed by atoms with Gasteiger partial charge in [0.2, 0.25) is 0 Å². The van der Waals surface area contributed by atoms with Crippen LogP contribution in [0.15, 0.2) is 10.5 Å². The molecular weight excluding hydrogens is 348 g/mol. The molecule has 0 radical (unpaired) electrons. The molecule has 138 valence electrons. The molecule has 25 heavy (non-hydrogen) atoms. The summed E-state index contributed by atoms with van der Waals surface area (Å²) in [6.07, 6.45) is 10.3. The van der Waals surface area contributed by atoms with Crippen LogP contribution in [0.1, 0.15) is 65.2 Å². The Labute approximate surface area is 160 Å². The Morgan fingerprint density at radius 2 is 1.72 bits per heavy atom. The molecule has 0 heterocycles. The third kappa shape index (κ3) is 2.61. The summed E-state index contributed by atoms with van der Waals surface area (Å²) >= 11 is 3.60. The molecule has 0 aliphatic heterocycles. The number of hydrogen-bond donors (Lipinski definition) is 0. The van der Waals surface area contributed by atoms with Crippen molar-refractivity contribution in [2.45, 2.75) is 65.2 Å². The lowest BCUT2D eigenvalue weighted by atomic mass is 9.47. The maximum atomic E-state index is 12.6. The van der Waals surface area contributed by atoms with E-state index in [1.54, 1.807) is 11.8 Å². The Kier molecular flexibility index (Phi) is 4.68. The van der Waals surface area contributed by atoms with Crippen LogP contribution in [0.4, 0.5) is 0 Å². The first-order chi connectivity index (χ1) is 11.9. The molecule has 4 aliphatic rings. The lowest BCUT2D eigenvalue weighted by molar-refractivity contribution is -0.132. The molecule has 0 aromatic heterocycles. The minimum atomic E-state index is -0.0420. The maximum Gasteiger partial charge on any atom is 0.169 e. The Bertz CT molecular complexity index is 640. The highest BCUT2D eigenvalue weighted by molar-refractivity contribution is 8.18. The van der Waals surface area contributed by atoms with Gasteiger partial charge in [0, 0.05) is 23.3 Å². The molecule has 5 atom stereocenters. The van der Waals surface area contributed by atoms with Crippen LogP contribution in [0.5, 0.6) is 0 Å². The second kappa shape index (κ2) is 6.44. The summed E-state index contributed by atoms with van der Waals surface area (Å²) < 4.78 is 0. The zero-order chi connectivity index (χ0) is 17.8. The van der Waals surface area contributed by atoms with Gasteiger partial charge in [0.1, 0.15) is 5.78 Å². The fraction of sp³-hybridized carbons (Fsp3) is 0.810. The van der Waals surface area contributed by atoms with Gasteiger partial charge in [0.05, 0.1) is 4.91 Å². The number of allylic oxidation sites excluding steroid dienone is 1. The molecule has 4 rings (SSSR count). The van der Waals surface area contributed by atoms with Gasteiger partial charge in [-0.3, -0.25) is 9.59 Å². The predicted molar refractivity (Wildman–Crippen MR) is 107 cm³/mol. The van der Waals surface area contributed by atoms with Gasteiger partial charge in [0.15, 0.2) is 5.78 Å². The first kappa shape index (κ1) is 18.2. The van der Waals surface area contributed by atoms with E-state index in [0.29, 0.717) is 29.3 Å². The van der Waals surface area contributed by atoms with Gasteiger partial charge in [-0.2, -0.15) is 11.8 Å². The Morgan fingerprint density at radius 1 is 0.960 bits per heavy atom. The number of ketones is 2. The fourth-order valence-corrected chi connectivity index (χ4v) is 8.44. The quantitative estimate of drug-likeness (QED) is 0.610. The minimum absolute atomic E-state index is 0.0420. The Hall–Kier alpha value is -0.220. The van der Waals surface area contributed by atoms with Crippen LogP contribution >= 0.6 is 23.5 Å². The fourth-order valence-electron chi connectivity index (χ4n) is 6.72. The smallest absolute Gasteiger partial charge is 0.169 e. The van der Waals surface area contributed by atoms with Crippen LogP contribution in [0.3, 0.4) is 0 Å². The van der Waals surface area contributed by atoms with Gasteiger partial charge in [-0.25, -0.2) is 0 Å². The van der Waals surface area contributed by atoms with Crippen molar-refractivity contribution in [1.82, 2.24) is 0 Å². The van der Waals surface area contributed by atoms with Crippen LogP contribution in [0.2, 0.25) is 0 Å². The first-order valence-electron chi connectivity index (χ1n) is 9.83. The Balaban J connectivity index is 1.69. The summed E-state index contributed by atoms with van der Waals surface area (Å²) in [5, 5.41) is 0.976. The van der Waals surface area contributed by atoms with E-state index < -0.39 is 0 Å². The van der Waals surface area contributed by atoms with E-state index in [9.17, 15) is 9.59 Å². The van der Waals surface area contributed by atoms with E-state index >= 15 is 0 Å². The summed E-state index contributed by atoms with van der Waals surface area (Å²) in [6.45, 7) is 4.70. The van der Waals surface area contributed by atoms with Crippen LogP contribution in [0, 0.1) is 28.6 Å². The van der Waals surface area contributed by atoms with Crippen LogP contribution in [-0.4, -0.2) is 22.9 Å². The van der Waals surface area contributed by atoms with Crippen LogP contribution in [0.25, 0.3) is 0 Å². The van der Waals surface area contributed by atoms with Crippen molar-refractivity contribution >= 4 is 35.1 Å². The van der Waals surface area contributed by atoms with Gasteiger partial charge < -0.3 is 0 Å². The first-order valence-corrected chi connectivity index (χ1v) is 12.2. The standard InChI is InChI=1S/C21H30O2S2/c1-20-11-9-17(22)19(25-12-24-3)16(20)5-4-13-14-6-7-18(23)21(14,2)10-8-15(13)20/h13-15H,4-12H2,1-3H3/t13-,14-,15+,20+,21-/m0/s1. The van der Waals surface area contributed by atoms with Gasteiger partial charge >= 0.3 is 0 Å². The van der Waals surface area contributed by atoms with Gasteiger partial charge in [-0.1, -0.05) is 13.8 Å². The van der Waals surface area contributed by atoms with E-state index in [4.69, 9.17) is 0 Å². The average Bonchev–Trinajstić information content (AvgIpc) is 2.90. The highest BCUT2D eigenvalue weighted by atomic mass is 32.2. The largest absolute Gasteiger partial charge is 0.299 e. The molecule has 0 amide bonds. The molecule has 0 saturated heterocycles. The number of fused-ring (bicyclic) bond motifs is 5. The monoisotopic (exact) mass is 378 g/mol. The topological polar surface area (TPSA) is 34.1 Å². The van der Waals surface area contributed by atoms with Crippen molar-refractivity contribution < 1.29 is 9.59 Å². The number of hydrogen-bond acceptors (Lipinski definition) is 4. The normalized spacial score (nSPS) is 43.7. The molecule has 0 spiro atoms. The highest BCUT2D eigenvalue weighted by Gasteiger charge is 2.59. The summed E-state index contributed by atoms with van der Waals surface area (Å²) in [6, 6.07) is 0. The van der Waals surface area contributed by atoms with Crippen molar-refractivity contribution in [2.24, 2.45) is 28.6 Å². The predicted octanol–water partition coefficient (Wildman–Crippen LogP) is 5.47. The molecule has 3 fully saturated rings. The molecule has 3 saturated carbocycles. The molecule has 0 bridgehead atoms. The van der Waals surface area contributed by atoms with Crippen molar-refractivity contribution in [3.05, 3.63) is 10.5 Å². The van der Waals surface area contributed by atoms with E-state index in [-0.39, 0.29) is 10.8 Å². The van der Waals surface area contributed by atoms with Crippen LogP contribution in [-0.2, 0) is 9.59 Å². The lowest BCUT2D eigenvalue weighted by Gasteiger charge is -2.57. The second-order valence-electron chi connectivity index (χ2n) is 9.03. The lowest BCUT2D eigenvalue weighted by Crippen LogP contribution is -2.51. The summed E-state index contributed by atoms with van der Waals surface area (Å²) in [4.78, 5) is 26.2. The van der Waals surface area contributed by atoms with Crippen molar-refractivity contribution in [3.63, 3.8) is 0 Å². The zero-order valence-corrected chi connectivity index (χ0v) is 17.4. The third-order valence-corrected chi connectivity index (χ3v) is 10.3. The highest BCUT2D eigenvalue weighted by Crippen LogP contribution is 2.65. The van der Waals surface area contributed by atoms with Gasteiger partial charge in [-0.05, 0) is 73.5 Å². The molecule has 4 aliphatic carbocycles. The number of rotatable bonds is 3. The number of thioether (sulfide) groups is 2. The zero-order valence-electron chi connectivity index (χ0n) is 15.7. The molecule has 0 N–H and O–H groups in total. The summed E-state index contributed by atoms with van der Waals surface area (Å²) in [5.74, 6) is 2.88. The second-order valence-corrected chi connectivity index (χ2v) is 11.2. The van der Waals surface area contributed by atoms with Gasteiger partial charge in [-0.15, -0.1) is 11.8 Å². The SMILES string of the molecule is CSCSC1=C2CC[C@@H]3[C@@H](CC[C@]4(C)C(=O)CC[C@@H]34)[C@@]2(C)CCC1=O. The average molecular weight is 379 g/mol. The molecule has 0 aromatic rings. The molecule has 4 heteroatoms. The maximum absolute atomic E-state index is 12.6. The third-order valence-electron chi connectivity index (χ3n) is 8.10. The van der Waals surface area contributed by atoms with E-state index in [1.165, 1.54) is 18.4 Å². The van der Waals surface area contributed by atoms with E-state index in [1.807, 2.05) is 11.8 Å². The van der Waals surface area contributed by atoms with E-state index in [0.717, 1.165) is 48.5 Å². The molecule has 2 nitrogen and oxygen atoms in total. The van der Waals surface area contributed by atoms with Crippen molar-refractivity contribution in [3.8, 4) is 0 Å². The Morgan fingerprint density at radius 3 is 2.48 bits per heavy atom.